The van der Waals surface area contributed by atoms with Crippen molar-refractivity contribution in [2.45, 2.75) is 43.6 Å². The lowest BCUT2D eigenvalue weighted by molar-refractivity contribution is -0.153. The number of aliphatic hydroxyl groups excluding tert-OH is 2. The van der Waals surface area contributed by atoms with Gasteiger partial charge in [-0.3, -0.25) is 24.2 Å². The summed E-state index contributed by atoms with van der Waals surface area (Å²) in [5.74, 6) is -9.11. The van der Waals surface area contributed by atoms with Crippen molar-refractivity contribution in [3.8, 4) is 5.75 Å². The number of benzene rings is 1. The molecule has 0 aromatic heterocycles. The predicted octanol–water partition coefficient (Wildman–Crippen LogP) is 1.38. The number of Topliss-reactive ketones (excluding diaryl/α,β-unsaturated/α-hetero) is 2. The van der Waals surface area contributed by atoms with E-state index in [-0.39, 0.29) is 18.6 Å². The fourth-order valence-electron chi connectivity index (χ4n) is 7.25. The van der Waals surface area contributed by atoms with Gasteiger partial charge in [0.2, 0.25) is 5.78 Å². The third kappa shape index (κ3) is 4.14. The van der Waals surface area contributed by atoms with E-state index in [0.717, 1.165) is 6.07 Å². The van der Waals surface area contributed by atoms with Gasteiger partial charge in [0, 0.05) is 18.0 Å². The number of hydrogen-bond donors (Lipinski definition) is 5. The number of hydrogen-bond acceptors (Lipinski definition) is 10. The number of carbonyl (C=O) groups excluding carboxylic acids is 3. The summed E-state index contributed by atoms with van der Waals surface area (Å²) in [5, 5.41) is 44.9. The topological polar surface area (TPSA) is 174 Å². The lowest BCUT2D eigenvalue weighted by Crippen LogP contribution is -2.65. The normalized spacial score (nSPS) is 30.4. The summed E-state index contributed by atoms with van der Waals surface area (Å²) in [7, 11) is 2.87. The molecule has 1 aliphatic heterocycles. The molecule has 3 aliphatic carbocycles. The van der Waals surface area contributed by atoms with Crippen molar-refractivity contribution in [2.75, 3.05) is 40.4 Å². The summed E-state index contributed by atoms with van der Waals surface area (Å²) in [6, 6.07) is -1.28. The Bertz CT molecular complexity index is 1450. The number of amides is 1. The molecule has 4 aliphatic rings. The number of alkyl halides is 3. The Balaban J connectivity index is 1.75. The number of ether oxygens (including phenoxy) is 1. The monoisotopic (exact) mass is 595 g/mol. The van der Waals surface area contributed by atoms with Crippen molar-refractivity contribution in [1.82, 2.24) is 9.80 Å². The van der Waals surface area contributed by atoms with Gasteiger partial charge < -0.3 is 30.9 Å². The highest BCUT2D eigenvalue weighted by atomic mass is 19.4. The fraction of sp³-hybridized carbons (Fsp3) is 0.536. The minimum atomic E-state index is -4.93. The van der Waals surface area contributed by atoms with Gasteiger partial charge in [-0.15, -0.1) is 0 Å². The van der Waals surface area contributed by atoms with Crippen LogP contribution in [0.4, 0.5) is 13.2 Å². The number of nitrogens with two attached hydrogens (primary N) is 1. The van der Waals surface area contributed by atoms with Gasteiger partial charge in [0.1, 0.15) is 22.8 Å². The number of aliphatic hydroxyl groups is 3. The Morgan fingerprint density at radius 2 is 1.90 bits per heavy atom. The van der Waals surface area contributed by atoms with Gasteiger partial charge in [-0.1, -0.05) is 6.92 Å². The molecule has 2 fully saturated rings. The van der Waals surface area contributed by atoms with Crippen LogP contribution in [0.3, 0.4) is 0 Å². The second-order valence-corrected chi connectivity index (χ2v) is 11.4. The van der Waals surface area contributed by atoms with Crippen molar-refractivity contribution < 1.29 is 52.7 Å². The summed E-state index contributed by atoms with van der Waals surface area (Å²) in [6.45, 7) is 2.85. The van der Waals surface area contributed by atoms with Gasteiger partial charge in [0.05, 0.1) is 36.4 Å². The van der Waals surface area contributed by atoms with Crippen LogP contribution in [0, 0.1) is 11.8 Å². The molecular weight excluding hydrogens is 563 g/mol. The molecule has 1 aromatic carbocycles. The Morgan fingerprint density at radius 3 is 2.48 bits per heavy atom. The third-order valence-electron chi connectivity index (χ3n) is 9.04. The Morgan fingerprint density at radius 1 is 1.24 bits per heavy atom. The second-order valence-electron chi connectivity index (χ2n) is 11.4. The zero-order chi connectivity index (χ0) is 31.0. The maximum absolute atomic E-state index is 14.8. The van der Waals surface area contributed by atoms with Crippen LogP contribution in [0.25, 0.3) is 5.76 Å². The molecule has 1 saturated carbocycles. The van der Waals surface area contributed by atoms with E-state index in [1.54, 1.807) is 11.8 Å². The van der Waals surface area contributed by atoms with Gasteiger partial charge in [0.15, 0.2) is 11.4 Å². The molecule has 5 rings (SSSR count). The van der Waals surface area contributed by atoms with Crippen LogP contribution in [-0.2, 0) is 31.7 Å². The Labute approximate surface area is 238 Å². The van der Waals surface area contributed by atoms with Crippen molar-refractivity contribution in [3.63, 3.8) is 0 Å². The second kappa shape index (κ2) is 10.1. The number of aromatic hydroxyl groups is 1. The van der Waals surface area contributed by atoms with Crippen LogP contribution in [0.2, 0.25) is 0 Å². The average molecular weight is 596 g/mol. The lowest BCUT2D eigenvalue weighted by atomic mass is 9.57. The molecule has 1 amide bonds. The minimum absolute atomic E-state index is 0.0559. The van der Waals surface area contributed by atoms with Crippen LogP contribution in [0.1, 0.15) is 41.6 Å². The summed E-state index contributed by atoms with van der Waals surface area (Å²) in [5.41, 5.74) is -1.41. The highest BCUT2D eigenvalue weighted by molar-refractivity contribution is 6.24. The Kier molecular flexibility index (Phi) is 7.20. The molecule has 228 valence electrons. The largest absolute Gasteiger partial charge is 0.508 e. The number of carbonyl (C=O) groups is 3. The summed E-state index contributed by atoms with van der Waals surface area (Å²) < 4.78 is 49.9. The molecule has 6 N–H and O–H groups in total. The first-order valence-corrected chi connectivity index (χ1v) is 13.5. The van der Waals surface area contributed by atoms with Crippen LogP contribution in [0.15, 0.2) is 23.0 Å². The zero-order valence-electron chi connectivity index (χ0n) is 23.2. The van der Waals surface area contributed by atoms with Crippen molar-refractivity contribution in [3.05, 3.63) is 45.2 Å². The highest BCUT2D eigenvalue weighted by Crippen LogP contribution is 2.55. The summed E-state index contributed by atoms with van der Waals surface area (Å²) in [4.78, 5) is 42.3. The number of rotatable bonds is 4. The average Bonchev–Trinajstić information content (AvgIpc) is 2.89. The first-order chi connectivity index (χ1) is 19.6. The number of nitrogens with zero attached hydrogens (tertiary/aromatic N) is 2. The molecule has 1 unspecified atom stereocenters. The van der Waals surface area contributed by atoms with Gasteiger partial charge in [0.25, 0.3) is 5.91 Å². The summed E-state index contributed by atoms with van der Waals surface area (Å²) >= 11 is 0. The molecule has 1 saturated heterocycles. The van der Waals surface area contributed by atoms with Crippen LogP contribution < -0.4 is 5.73 Å². The van der Waals surface area contributed by atoms with Crippen molar-refractivity contribution >= 4 is 23.2 Å². The standard InChI is InChI=1S/C28H32F3N3O8/c1-4-34-5-6-42-10-15(34)12-9-16(35)18-13(20(12)28(29,30)31)7-11-8-14-21(33(2)3)23(37)19(26(32)40)25(39)27(14,41)24(38)17(11)22(18)36/h9,11,14-15,21,35-36,39,41H,4-8,10H2,1-3H3,(H2,32,40)/t11-,14-,15?,21-,27-/m0/s1. The first-order valence-electron chi connectivity index (χ1n) is 13.5. The van der Waals surface area contributed by atoms with E-state index in [2.05, 4.69) is 0 Å². The number of fused-ring (bicyclic) bond motifs is 3. The highest BCUT2D eigenvalue weighted by Gasteiger charge is 2.64. The number of ketones is 2. The Hall–Kier alpha value is -3.46. The number of halogens is 3. The number of primary amides is 1. The molecule has 1 aromatic rings. The number of morpholine rings is 1. The quantitative estimate of drug-likeness (QED) is 0.320. The molecule has 0 bridgehead atoms. The zero-order valence-corrected chi connectivity index (χ0v) is 23.2. The fourth-order valence-corrected chi connectivity index (χ4v) is 7.25. The maximum Gasteiger partial charge on any atom is 0.417 e. The molecule has 14 heteroatoms. The van der Waals surface area contributed by atoms with Gasteiger partial charge in [-0.05, 0) is 56.6 Å². The number of phenols is 1. The maximum atomic E-state index is 14.8. The first kappa shape index (κ1) is 30.0. The minimum Gasteiger partial charge on any atom is -0.508 e. The van der Waals surface area contributed by atoms with E-state index in [0.29, 0.717) is 19.7 Å². The van der Waals surface area contributed by atoms with Crippen LogP contribution >= 0.6 is 0 Å². The molecule has 1 heterocycles. The molecular formula is C28H32F3N3O8. The van der Waals surface area contributed by atoms with E-state index in [1.165, 1.54) is 19.0 Å². The molecule has 5 atom stereocenters. The van der Waals surface area contributed by atoms with Crippen LogP contribution in [-0.4, -0.2) is 99.7 Å². The predicted molar refractivity (Wildman–Crippen MR) is 140 cm³/mol. The number of likely N-dealkylation sites (N-methyl/N-ethyl adjacent to an activating group) is 2. The van der Waals surface area contributed by atoms with Crippen molar-refractivity contribution in [2.24, 2.45) is 17.6 Å². The smallest absolute Gasteiger partial charge is 0.417 e. The summed E-state index contributed by atoms with van der Waals surface area (Å²) in [6.07, 6.45) is -5.71. The number of phenolic OH excluding ortho intramolecular Hbond substituents is 1. The molecule has 0 radical (unpaired) electrons. The molecule has 42 heavy (non-hydrogen) atoms. The van der Waals surface area contributed by atoms with Gasteiger partial charge in [-0.25, -0.2) is 0 Å². The van der Waals surface area contributed by atoms with E-state index < -0.39 is 105 Å². The van der Waals surface area contributed by atoms with E-state index in [9.17, 15) is 48.0 Å². The van der Waals surface area contributed by atoms with E-state index in [4.69, 9.17) is 10.5 Å². The third-order valence-corrected chi connectivity index (χ3v) is 9.04. The molecule has 11 nitrogen and oxygen atoms in total. The van der Waals surface area contributed by atoms with E-state index in [1.807, 2.05) is 0 Å². The van der Waals surface area contributed by atoms with Crippen LogP contribution in [0.5, 0.6) is 5.75 Å². The van der Waals surface area contributed by atoms with Gasteiger partial charge in [-0.2, -0.15) is 13.2 Å². The van der Waals surface area contributed by atoms with Crippen molar-refractivity contribution in [1.29, 1.82) is 0 Å². The SMILES string of the molecule is CCN1CCOCC1c1cc(O)c2c(c1C(F)(F)F)C[C@H]1C[C@H]3[C@H](N(C)C)C(=O)C(C(N)=O)=C(O)[C@@]3(O)C(=O)C1=C2O. The van der Waals surface area contributed by atoms with E-state index >= 15 is 0 Å². The van der Waals surface area contributed by atoms with Gasteiger partial charge >= 0.3 is 6.18 Å². The lowest BCUT2D eigenvalue weighted by Gasteiger charge is -2.50. The molecule has 0 spiro atoms.